The van der Waals surface area contributed by atoms with Crippen LogP contribution >= 0.6 is 0 Å². The van der Waals surface area contributed by atoms with E-state index in [2.05, 4.69) is 4.90 Å². The molecule has 0 saturated heterocycles. The third-order valence-corrected chi connectivity index (χ3v) is 10.4. The lowest BCUT2D eigenvalue weighted by Gasteiger charge is -2.28. The van der Waals surface area contributed by atoms with Crippen LogP contribution < -0.4 is 0 Å². The van der Waals surface area contributed by atoms with Crippen LogP contribution in [-0.4, -0.2) is 97.4 Å². The van der Waals surface area contributed by atoms with Gasteiger partial charge in [0, 0.05) is 61.3 Å². The molecule has 0 amide bonds. The summed E-state index contributed by atoms with van der Waals surface area (Å²) >= 11 is 0. The monoisotopic (exact) mass is 441 g/mol. The normalized spacial score (nSPS) is 12.6. The first-order valence-electron chi connectivity index (χ1n) is 9.59. The minimum atomic E-state index is -2.59. The summed E-state index contributed by atoms with van der Waals surface area (Å²) in [4.78, 5) is 14.0. The predicted molar refractivity (Wildman–Crippen MR) is 110 cm³/mol. The van der Waals surface area contributed by atoms with Crippen LogP contribution in [0, 0.1) is 0 Å². The van der Waals surface area contributed by atoms with Gasteiger partial charge in [-0.2, -0.15) is 0 Å². The minimum Gasteiger partial charge on any atom is -0.466 e. The topological polar surface area (TPSA) is 84.9 Å². The van der Waals surface area contributed by atoms with Crippen molar-refractivity contribution in [3.05, 3.63) is 0 Å². The molecule has 0 rings (SSSR count). The van der Waals surface area contributed by atoms with Gasteiger partial charge in [0.15, 0.2) is 0 Å². The van der Waals surface area contributed by atoms with E-state index in [1.165, 1.54) is 0 Å². The van der Waals surface area contributed by atoms with E-state index in [1.54, 1.807) is 42.7 Å². The molecule has 9 nitrogen and oxygen atoms in total. The van der Waals surface area contributed by atoms with Crippen LogP contribution in [0.1, 0.15) is 26.2 Å². The molecule has 11 heteroatoms. The molecule has 0 aliphatic rings. The Kier molecular flexibility index (Phi) is 15.3. The number of nitrogens with zero attached hydrogens (tertiary/aromatic N) is 1. The summed E-state index contributed by atoms with van der Waals surface area (Å²) in [7, 11) is 4.50. The van der Waals surface area contributed by atoms with Gasteiger partial charge in [-0.25, -0.2) is 0 Å². The van der Waals surface area contributed by atoms with E-state index in [-0.39, 0.29) is 5.97 Å². The van der Waals surface area contributed by atoms with Crippen molar-refractivity contribution in [2.45, 2.75) is 38.3 Å². The van der Waals surface area contributed by atoms with E-state index in [0.717, 1.165) is 25.9 Å². The fraction of sp³-hybridized carbons (Fsp3) is 0.941. The van der Waals surface area contributed by atoms with Crippen molar-refractivity contribution in [3.63, 3.8) is 0 Å². The zero-order chi connectivity index (χ0) is 21.5. The Morgan fingerprint density at radius 3 is 1.43 bits per heavy atom. The van der Waals surface area contributed by atoms with Gasteiger partial charge in [0.1, 0.15) is 0 Å². The Balaban J connectivity index is 4.70. The molecule has 28 heavy (non-hydrogen) atoms. The van der Waals surface area contributed by atoms with Crippen LogP contribution in [0.25, 0.3) is 0 Å². The summed E-state index contributed by atoms with van der Waals surface area (Å²) in [6, 6.07) is 1.42. The molecule has 0 aromatic carbocycles. The van der Waals surface area contributed by atoms with Crippen LogP contribution in [0.2, 0.25) is 12.1 Å². The van der Waals surface area contributed by atoms with Gasteiger partial charge in [-0.1, -0.05) is 0 Å². The highest BCUT2D eigenvalue weighted by Crippen LogP contribution is 2.18. The quantitative estimate of drug-likeness (QED) is 0.233. The molecule has 0 radical (unpaired) electrons. The summed E-state index contributed by atoms with van der Waals surface area (Å²) in [6.45, 7) is 4.43. The SMILES string of the molecule is CCOC(=O)CCN(CCC[Si](OC)(OC)OC)CCC[Si](OC)(OC)OC. The summed E-state index contributed by atoms with van der Waals surface area (Å²) < 4.78 is 37.9. The maximum Gasteiger partial charge on any atom is 0.500 e. The number of ether oxygens (including phenoxy) is 1. The largest absolute Gasteiger partial charge is 0.500 e. The average molecular weight is 442 g/mol. The molecule has 0 heterocycles. The van der Waals surface area contributed by atoms with E-state index in [4.69, 9.17) is 31.3 Å². The molecule has 0 fully saturated rings. The van der Waals surface area contributed by atoms with Crippen LogP contribution in [0.5, 0.6) is 0 Å². The van der Waals surface area contributed by atoms with Gasteiger partial charge in [0.2, 0.25) is 0 Å². The first-order valence-corrected chi connectivity index (χ1v) is 13.5. The zero-order valence-electron chi connectivity index (χ0n) is 18.6. The molecular formula is C17H39NO8Si2. The van der Waals surface area contributed by atoms with Gasteiger partial charge in [0.05, 0.1) is 13.0 Å². The van der Waals surface area contributed by atoms with E-state index in [0.29, 0.717) is 31.7 Å². The van der Waals surface area contributed by atoms with Gasteiger partial charge in [-0.15, -0.1) is 0 Å². The van der Waals surface area contributed by atoms with E-state index < -0.39 is 17.6 Å². The standard InChI is InChI=1S/C17H39NO8Si2/c1-8-26-17(19)11-14-18(12-9-15-27(20-2,21-3)22-4)13-10-16-28(23-5,24-6)25-7/h8-16H2,1-7H3. The van der Waals surface area contributed by atoms with E-state index in [9.17, 15) is 4.79 Å². The van der Waals surface area contributed by atoms with Crippen LogP contribution in [-0.2, 0) is 36.1 Å². The van der Waals surface area contributed by atoms with Crippen molar-refractivity contribution in [2.24, 2.45) is 0 Å². The van der Waals surface area contributed by atoms with Gasteiger partial charge in [0.25, 0.3) is 0 Å². The molecule has 0 aromatic rings. The Bertz CT molecular complexity index is 366. The molecule has 0 spiro atoms. The first-order chi connectivity index (χ1) is 13.4. The van der Waals surface area contributed by atoms with Crippen molar-refractivity contribution in [3.8, 4) is 0 Å². The number of hydrogen-bond donors (Lipinski definition) is 0. The van der Waals surface area contributed by atoms with Crippen LogP contribution in [0.15, 0.2) is 0 Å². The van der Waals surface area contributed by atoms with Gasteiger partial charge in [-0.3, -0.25) is 4.79 Å². The maximum atomic E-state index is 11.7. The van der Waals surface area contributed by atoms with Gasteiger partial charge < -0.3 is 36.2 Å². The second-order valence-electron chi connectivity index (χ2n) is 6.19. The smallest absolute Gasteiger partial charge is 0.466 e. The van der Waals surface area contributed by atoms with Crippen LogP contribution in [0.3, 0.4) is 0 Å². The Morgan fingerprint density at radius 2 is 1.11 bits per heavy atom. The molecule has 0 aromatic heterocycles. The third-order valence-electron chi connectivity index (χ3n) is 4.72. The Hall–Kier alpha value is -0.376. The van der Waals surface area contributed by atoms with Crippen molar-refractivity contribution >= 4 is 23.6 Å². The van der Waals surface area contributed by atoms with E-state index in [1.807, 2.05) is 6.92 Å². The lowest BCUT2D eigenvalue weighted by molar-refractivity contribution is -0.143. The highest BCUT2D eigenvalue weighted by Gasteiger charge is 2.38. The molecule has 0 unspecified atom stereocenters. The van der Waals surface area contributed by atoms with Crippen molar-refractivity contribution < 1.29 is 36.1 Å². The summed E-state index contributed by atoms with van der Waals surface area (Å²) in [5.41, 5.74) is 0. The minimum absolute atomic E-state index is 0.184. The number of carbonyl (C=O) groups is 1. The van der Waals surface area contributed by atoms with Crippen LogP contribution in [0.4, 0.5) is 0 Å². The van der Waals surface area contributed by atoms with Crippen molar-refractivity contribution in [1.82, 2.24) is 4.90 Å². The molecular weight excluding hydrogens is 402 g/mol. The lowest BCUT2D eigenvalue weighted by Crippen LogP contribution is -2.44. The molecule has 0 atom stereocenters. The fourth-order valence-corrected chi connectivity index (χ4v) is 6.38. The summed E-state index contributed by atoms with van der Waals surface area (Å²) in [6.07, 6.45) is 2.04. The summed E-state index contributed by atoms with van der Waals surface area (Å²) in [5, 5.41) is 0. The molecule has 0 bridgehead atoms. The highest BCUT2D eigenvalue weighted by molar-refractivity contribution is 6.60. The fourth-order valence-electron chi connectivity index (χ4n) is 2.97. The Morgan fingerprint density at radius 1 is 0.714 bits per heavy atom. The number of hydrogen-bond acceptors (Lipinski definition) is 9. The lowest BCUT2D eigenvalue weighted by atomic mass is 10.3. The first kappa shape index (κ1) is 27.6. The van der Waals surface area contributed by atoms with Gasteiger partial charge in [-0.05, 0) is 32.9 Å². The predicted octanol–water partition coefficient (Wildman–Crippen LogP) is 1.78. The molecule has 0 N–H and O–H groups in total. The molecule has 0 aliphatic carbocycles. The maximum absolute atomic E-state index is 11.7. The highest BCUT2D eigenvalue weighted by atomic mass is 28.4. The number of carbonyl (C=O) groups excluding carboxylic acids is 1. The van der Waals surface area contributed by atoms with E-state index >= 15 is 0 Å². The zero-order valence-corrected chi connectivity index (χ0v) is 20.6. The van der Waals surface area contributed by atoms with Gasteiger partial charge >= 0.3 is 23.6 Å². The van der Waals surface area contributed by atoms with Crippen molar-refractivity contribution in [1.29, 1.82) is 0 Å². The van der Waals surface area contributed by atoms with Crippen molar-refractivity contribution in [2.75, 3.05) is 68.9 Å². The molecule has 0 saturated carbocycles. The molecule has 168 valence electrons. The third kappa shape index (κ3) is 9.90. The second kappa shape index (κ2) is 15.5. The number of esters is 1. The molecule has 0 aliphatic heterocycles. The summed E-state index contributed by atoms with van der Waals surface area (Å²) in [5.74, 6) is -0.184. The average Bonchev–Trinajstić information content (AvgIpc) is 2.73. The number of rotatable bonds is 18. The second-order valence-corrected chi connectivity index (χ2v) is 12.4. The Labute approximate surface area is 172 Å².